The third-order valence-electron chi connectivity index (χ3n) is 6.12. The van der Waals surface area contributed by atoms with E-state index < -0.39 is 24.0 Å². The van der Waals surface area contributed by atoms with E-state index in [4.69, 9.17) is 4.74 Å². The highest BCUT2D eigenvalue weighted by Crippen LogP contribution is 2.36. The van der Waals surface area contributed by atoms with Crippen molar-refractivity contribution in [1.82, 2.24) is 9.78 Å². The maximum Gasteiger partial charge on any atom is 0.359 e. The molecule has 1 N–H and O–H groups in total. The minimum atomic E-state index is -1.19. The predicted molar refractivity (Wildman–Crippen MR) is 132 cm³/mol. The van der Waals surface area contributed by atoms with Crippen LogP contribution in [-0.4, -0.2) is 39.7 Å². The number of hydrogen-bond donors (Lipinski definition) is 1. The minimum absolute atomic E-state index is 0.0273. The Morgan fingerprint density at radius 1 is 1.00 bits per heavy atom. The highest BCUT2D eigenvalue weighted by molar-refractivity contribution is 6.14. The molecule has 35 heavy (non-hydrogen) atoms. The number of hydrogen-bond acceptors (Lipinski definition) is 6. The van der Waals surface area contributed by atoms with E-state index in [1.54, 1.807) is 62.4 Å². The molecule has 0 radical (unpaired) electrons. The van der Waals surface area contributed by atoms with E-state index in [9.17, 15) is 19.2 Å². The molecule has 0 unspecified atom stereocenters. The molecule has 1 aliphatic rings. The van der Waals surface area contributed by atoms with Gasteiger partial charge in [-0.15, -0.1) is 0 Å². The van der Waals surface area contributed by atoms with Gasteiger partial charge in [-0.1, -0.05) is 50.1 Å². The largest absolute Gasteiger partial charge is 0.451 e. The summed E-state index contributed by atoms with van der Waals surface area (Å²) in [5.41, 5.74) is -0.466. The standard InChI is InChI=1S/C26H28N4O5/c1-4-5-10-15-29-23(32)18-12-7-6-11-17(18)22(28-29)24(33)35-16-21(31)30-20-14-9-8-13-19(20)27-25(34)26(30,2)3/h6-9,11-14H,4-5,10,15-16H2,1-3H3,(H,27,34). The number of nitrogens with zero attached hydrogens (tertiary/aromatic N) is 3. The number of carbonyl (C=O) groups is 3. The molecule has 2 heterocycles. The fourth-order valence-electron chi connectivity index (χ4n) is 4.21. The summed E-state index contributed by atoms with van der Waals surface area (Å²) in [6.45, 7) is 5.10. The minimum Gasteiger partial charge on any atom is -0.451 e. The van der Waals surface area contributed by atoms with E-state index in [1.807, 2.05) is 0 Å². The summed E-state index contributed by atoms with van der Waals surface area (Å²) in [6.07, 6.45) is 2.66. The quantitative estimate of drug-likeness (QED) is 0.413. The molecule has 0 fully saturated rings. The fourth-order valence-corrected chi connectivity index (χ4v) is 4.21. The highest BCUT2D eigenvalue weighted by Gasteiger charge is 2.43. The van der Waals surface area contributed by atoms with Crippen molar-refractivity contribution in [2.24, 2.45) is 0 Å². The van der Waals surface area contributed by atoms with Gasteiger partial charge < -0.3 is 10.1 Å². The molecule has 2 amide bonds. The Kier molecular flexibility index (Phi) is 6.68. The van der Waals surface area contributed by atoms with Crippen LogP contribution >= 0.6 is 0 Å². The second-order valence-corrected chi connectivity index (χ2v) is 8.97. The molecule has 1 aromatic heterocycles. The zero-order valence-electron chi connectivity index (χ0n) is 20.0. The number of carbonyl (C=O) groups excluding carboxylic acids is 3. The van der Waals surface area contributed by atoms with Gasteiger partial charge >= 0.3 is 5.97 Å². The molecule has 0 aliphatic carbocycles. The molecule has 0 bridgehead atoms. The molecule has 0 atom stereocenters. The van der Waals surface area contributed by atoms with Crippen LogP contribution < -0.4 is 15.8 Å². The number of esters is 1. The first-order chi connectivity index (χ1) is 16.8. The maximum atomic E-state index is 13.2. The van der Waals surface area contributed by atoms with Gasteiger partial charge in [-0.3, -0.25) is 19.3 Å². The molecule has 0 saturated carbocycles. The van der Waals surface area contributed by atoms with Crippen molar-refractivity contribution >= 4 is 39.9 Å². The van der Waals surface area contributed by atoms with Crippen molar-refractivity contribution in [3.8, 4) is 0 Å². The van der Waals surface area contributed by atoms with E-state index in [1.165, 1.54) is 9.58 Å². The van der Waals surface area contributed by atoms with E-state index in [0.717, 1.165) is 19.3 Å². The summed E-state index contributed by atoms with van der Waals surface area (Å²) in [6, 6.07) is 13.6. The molecular weight excluding hydrogens is 448 g/mol. The summed E-state index contributed by atoms with van der Waals surface area (Å²) in [5.74, 6) is -1.71. The van der Waals surface area contributed by atoms with Crippen LogP contribution in [0.4, 0.5) is 11.4 Å². The first kappa shape index (κ1) is 24.1. The molecule has 9 heteroatoms. The van der Waals surface area contributed by atoms with Gasteiger partial charge in [0, 0.05) is 11.9 Å². The summed E-state index contributed by atoms with van der Waals surface area (Å²) in [7, 11) is 0. The number of anilines is 2. The number of fused-ring (bicyclic) bond motifs is 2. The highest BCUT2D eigenvalue weighted by atomic mass is 16.5. The third kappa shape index (κ3) is 4.53. The van der Waals surface area contributed by atoms with Gasteiger partial charge in [-0.05, 0) is 38.5 Å². The Labute approximate surface area is 202 Å². The van der Waals surface area contributed by atoms with Crippen LogP contribution in [0.3, 0.4) is 0 Å². The van der Waals surface area contributed by atoms with Crippen LogP contribution in [0.25, 0.3) is 10.8 Å². The monoisotopic (exact) mass is 476 g/mol. The van der Waals surface area contributed by atoms with Crippen molar-refractivity contribution in [3.05, 3.63) is 64.6 Å². The summed E-state index contributed by atoms with van der Waals surface area (Å²) >= 11 is 0. The van der Waals surface area contributed by atoms with Gasteiger partial charge in [0.2, 0.25) is 5.91 Å². The van der Waals surface area contributed by atoms with Crippen molar-refractivity contribution in [3.63, 3.8) is 0 Å². The van der Waals surface area contributed by atoms with Crippen molar-refractivity contribution in [2.45, 2.75) is 52.1 Å². The molecule has 182 valence electrons. The summed E-state index contributed by atoms with van der Waals surface area (Å²) in [4.78, 5) is 53.1. The van der Waals surface area contributed by atoms with Crippen molar-refractivity contribution in [1.29, 1.82) is 0 Å². The predicted octanol–water partition coefficient (Wildman–Crippen LogP) is 3.51. The summed E-state index contributed by atoms with van der Waals surface area (Å²) < 4.78 is 6.66. The lowest BCUT2D eigenvalue weighted by atomic mass is 9.96. The van der Waals surface area contributed by atoms with Gasteiger partial charge in [-0.25, -0.2) is 9.48 Å². The van der Waals surface area contributed by atoms with Crippen LogP contribution in [0.2, 0.25) is 0 Å². The third-order valence-corrected chi connectivity index (χ3v) is 6.12. The van der Waals surface area contributed by atoms with Gasteiger partial charge in [0.15, 0.2) is 12.3 Å². The lowest BCUT2D eigenvalue weighted by Crippen LogP contribution is -2.59. The van der Waals surface area contributed by atoms with Crippen LogP contribution in [0, 0.1) is 0 Å². The average molecular weight is 477 g/mol. The van der Waals surface area contributed by atoms with Gasteiger partial charge in [0.1, 0.15) is 5.54 Å². The SMILES string of the molecule is CCCCCn1nc(C(=O)OCC(=O)N2c3ccccc3NC(=O)C2(C)C)c2ccccc2c1=O. The number of amides is 2. The number of aromatic nitrogens is 2. The zero-order valence-corrected chi connectivity index (χ0v) is 20.0. The lowest BCUT2D eigenvalue weighted by molar-refractivity contribution is -0.128. The Morgan fingerprint density at radius 2 is 1.69 bits per heavy atom. The van der Waals surface area contributed by atoms with Crippen molar-refractivity contribution in [2.75, 3.05) is 16.8 Å². The normalized spacial score (nSPS) is 14.4. The molecular formula is C26H28N4O5. The van der Waals surface area contributed by atoms with Crippen LogP contribution in [0.15, 0.2) is 53.3 Å². The van der Waals surface area contributed by atoms with Crippen molar-refractivity contribution < 1.29 is 19.1 Å². The zero-order chi connectivity index (χ0) is 25.2. The Hall–Kier alpha value is -4.01. The Balaban J connectivity index is 1.61. The fraction of sp³-hybridized carbons (Fsp3) is 0.346. The summed E-state index contributed by atoms with van der Waals surface area (Å²) in [5, 5.41) is 7.80. The van der Waals surface area contributed by atoms with Gasteiger partial charge in [0.05, 0.1) is 16.8 Å². The smallest absolute Gasteiger partial charge is 0.359 e. The first-order valence-electron chi connectivity index (χ1n) is 11.7. The van der Waals surface area contributed by atoms with Gasteiger partial charge in [-0.2, -0.15) is 5.10 Å². The number of ether oxygens (including phenoxy) is 1. The number of nitrogens with one attached hydrogen (secondary N) is 1. The molecule has 0 saturated heterocycles. The van der Waals surface area contributed by atoms with E-state index >= 15 is 0 Å². The topological polar surface area (TPSA) is 111 Å². The van der Waals surface area contributed by atoms with Crippen LogP contribution in [-0.2, 0) is 20.9 Å². The molecule has 9 nitrogen and oxygen atoms in total. The number of para-hydroxylation sites is 2. The number of aryl methyl sites for hydroxylation is 1. The van der Waals surface area contributed by atoms with E-state index in [-0.39, 0.29) is 17.2 Å². The Bertz CT molecular complexity index is 1360. The number of rotatable bonds is 7. The van der Waals surface area contributed by atoms with Crippen LogP contribution in [0.5, 0.6) is 0 Å². The molecule has 2 aromatic carbocycles. The van der Waals surface area contributed by atoms with Gasteiger partial charge in [0.25, 0.3) is 11.5 Å². The first-order valence-corrected chi connectivity index (χ1v) is 11.7. The maximum absolute atomic E-state index is 13.2. The van der Waals surface area contributed by atoms with Crippen LogP contribution in [0.1, 0.15) is 50.5 Å². The molecule has 0 spiro atoms. The molecule has 1 aliphatic heterocycles. The second-order valence-electron chi connectivity index (χ2n) is 8.97. The molecule has 3 aromatic rings. The van der Waals surface area contributed by atoms with E-state index in [2.05, 4.69) is 17.3 Å². The Morgan fingerprint density at radius 3 is 2.43 bits per heavy atom. The average Bonchev–Trinajstić information content (AvgIpc) is 2.84. The number of unbranched alkanes of at least 4 members (excludes halogenated alkanes) is 2. The van der Waals surface area contributed by atoms with E-state index in [0.29, 0.717) is 28.7 Å². The molecule has 4 rings (SSSR count). The number of benzene rings is 2. The lowest BCUT2D eigenvalue weighted by Gasteiger charge is -2.41. The second kappa shape index (κ2) is 9.69.